The molecule has 1 saturated carbocycles. The molecular weight excluding hydrogens is 246 g/mol. The highest BCUT2D eigenvalue weighted by atomic mass is 15.2. The van der Waals surface area contributed by atoms with Gasteiger partial charge < -0.3 is 5.32 Å². The van der Waals surface area contributed by atoms with Crippen molar-refractivity contribution in [3.05, 3.63) is 30.1 Å². The predicted octanol–water partition coefficient (Wildman–Crippen LogP) is 3.07. The van der Waals surface area contributed by atoms with E-state index >= 15 is 0 Å². The van der Waals surface area contributed by atoms with Gasteiger partial charge in [0.15, 0.2) is 0 Å². The number of likely N-dealkylation sites (N-methyl/N-ethyl adjacent to an activating group) is 2. The zero-order chi connectivity index (χ0) is 14.4. The Morgan fingerprint density at radius 1 is 1.30 bits per heavy atom. The second-order valence-corrected chi connectivity index (χ2v) is 5.93. The summed E-state index contributed by atoms with van der Waals surface area (Å²) in [5.74, 6) is 0.891. The van der Waals surface area contributed by atoms with Gasteiger partial charge in [-0.3, -0.25) is 9.88 Å². The van der Waals surface area contributed by atoms with Gasteiger partial charge in [-0.25, -0.2) is 0 Å². The molecule has 0 spiro atoms. The Labute approximate surface area is 123 Å². The van der Waals surface area contributed by atoms with Crippen LogP contribution in [0.1, 0.15) is 45.2 Å². The molecule has 0 saturated heterocycles. The third-order valence-corrected chi connectivity index (χ3v) is 4.84. The van der Waals surface area contributed by atoms with Crippen molar-refractivity contribution in [1.29, 1.82) is 0 Å². The van der Waals surface area contributed by atoms with Crippen LogP contribution in [0.4, 0.5) is 0 Å². The summed E-state index contributed by atoms with van der Waals surface area (Å²) in [7, 11) is 2.11. The number of pyridine rings is 1. The lowest BCUT2D eigenvalue weighted by Gasteiger charge is -2.42. The van der Waals surface area contributed by atoms with Crippen molar-refractivity contribution in [1.82, 2.24) is 15.2 Å². The maximum Gasteiger partial charge on any atom is 0.0544 e. The highest BCUT2D eigenvalue weighted by Crippen LogP contribution is 2.30. The lowest BCUT2D eigenvalue weighted by Crippen LogP contribution is -2.52. The molecule has 1 aromatic heterocycles. The smallest absolute Gasteiger partial charge is 0.0544 e. The molecular formula is C17H29N3. The SMILES string of the molecule is CCC1CCC(NC)C(N(CC)Cc2ccccn2)C1. The highest BCUT2D eigenvalue weighted by molar-refractivity contribution is 5.04. The van der Waals surface area contributed by atoms with Crippen LogP contribution in [-0.4, -0.2) is 35.6 Å². The summed E-state index contributed by atoms with van der Waals surface area (Å²) in [6.07, 6.45) is 7.21. The average molecular weight is 275 g/mol. The summed E-state index contributed by atoms with van der Waals surface area (Å²) in [4.78, 5) is 7.09. The molecule has 0 radical (unpaired) electrons. The van der Waals surface area contributed by atoms with Crippen molar-refractivity contribution < 1.29 is 0 Å². The molecule has 1 aromatic rings. The molecule has 3 heteroatoms. The summed E-state index contributed by atoms with van der Waals surface area (Å²) < 4.78 is 0. The van der Waals surface area contributed by atoms with E-state index in [0.717, 1.165) is 19.0 Å². The first-order chi connectivity index (χ1) is 9.78. The van der Waals surface area contributed by atoms with E-state index in [0.29, 0.717) is 12.1 Å². The van der Waals surface area contributed by atoms with E-state index in [-0.39, 0.29) is 0 Å². The Hall–Kier alpha value is -0.930. The van der Waals surface area contributed by atoms with E-state index in [4.69, 9.17) is 0 Å². The van der Waals surface area contributed by atoms with Gasteiger partial charge in [0.2, 0.25) is 0 Å². The first-order valence-corrected chi connectivity index (χ1v) is 8.09. The van der Waals surface area contributed by atoms with Crippen LogP contribution < -0.4 is 5.32 Å². The molecule has 1 fully saturated rings. The van der Waals surface area contributed by atoms with Crippen molar-refractivity contribution in [2.45, 2.75) is 58.2 Å². The topological polar surface area (TPSA) is 28.2 Å². The van der Waals surface area contributed by atoms with E-state index in [1.54, 1.807) is 0 Å². The molecule has 20 heavy (non-hydrogen) atoms. The van der Waals surface area contributed by atoms with E-state index in [1.807, 2.05) is 12.3 Å². The first kappa shape index (κ1) is 15.5. The summed E-state index contributed by atoms with van der Waals surface area (Å²) in [5.41, 5.74) is 1.18. The molecule has 3 atom stereocenters. The summed E-state index contributed by atoms with van der Waals surface area (Å²) in [6, 6.07) is 7.48. The summed E-state index contributed by atoms with van der Waals surface area (Å²) >= 11 is 0. The zero-order valence-electron chi connectivity index (χ0n) is 13.2. The van der Waals surface area contributed by atoms with Crippen molar-refractivity contribution in [3.63, 3.8) is 0 Å². The zero-order valence-corrected chi connectivity index (χ0v) is 13.2. The fourth-order valence-corrected chi connectivity index (χ4v) is 3.51. The summed E-state index contributed by atoms with van der Waals surface area (Å²) in [6.45, 7) is 6.66. The fraction of sp³-hybridized carbons (Fsp3) is 0.706. The van der Waals surface area contributed by atoms with Crippen LogP contribution in [0, 0.1) is 5.92 Å². The summed E-state index contributed by atoms with van der Waals surface area (Å²) in [5, 5.41) is 3.54. The number of nitrogens with one attached hydrogen (secondary N) is 1. The molecule has 0 bridgehead atoms. The minimum atomic E-state index is 0.626. The molecule has 0 amide bonds. The average Bonchev–Trinajstić information content (AvgIpc) is 2.53. The molecule has 1 heterocycles. The molecule has 0 aromatic carbocycles. The predicted molar refractivity (Wildman–Crippen MR) is 84.6 cm³/mol. The molecule has 3 unspecified atom stereocenters. The van der Waals surface area contributed by atoms with Gasteiger partial charge >= 0.3 is 0 Å². The maximum atomic E-state index is 4.49. The Balaban J connectivity index is 2.07. The van der Waals surface area contributed by atoms with Gasteiger partial charge in [-0.15, -0.1) is 0 Å². The van der Waals surface area contributed by atoms with Gasteiger partial charge in [0.25, 0.3) is 0 Å². The van der Waals surface area contributed by atoms with Gasteiger partial charge in [-0.05, 0) is 50.9 Å². The van der Waals surface area contributed by atoms with Crippen LogP contribution in [0.3, 0.4) is 0 Å². The van der Waals surface area contributed by atoms with Crippen LogP contribution in [0.2, 0.25) is 0 Å². The highest BCUT2D eigenvalue weighted by Gasteiger charge is 2.32. The van der Waals surface area contributed by atoms with E-state index in [9.17, 15) is 0 Å². The van der Waals surface area contributed by atoms with Crippen molar-refractivity contribution in [3.8, 4) is 0 Å². The Bertz CT molecular complexity index is 379. The fourth-order valence-electron chi connectivity index (χ4n) is 3.51. The molecule has 1 N–H and O–H groups in total. The van der Waals surface area contributed by atoms with E-state index in [1.165, 1.54) is 31.4 Å². The van der Waals surface area contributed by atoms with Gasteiger partial charge in [0.1, 0.15) is 0 Å². The van der Waals surface area contributed by atoms with E-state index < -0.39 is 0 Å². The number of aromatic nitrogens is 1. The van der Waals surface area contributed by atoms with Gasteiger partial charge in [0.05, 0.1) is 5.69 Å². The van der Waals surface area contributed by atoms with Gasteiger partial charge in [-0.1, -0.05) is 26.3 Å². The third kappa shape index (κ3) is 3.80. The van der Waals surface area contributed by atoms with Crippen LogP contribution in [0.15, 0.2) is 24.4 Å². The van der Waals surface area contributed by atoms with Crippen LogP contribution in [0.25, 0.3) is 0 Å². The molecule has 2 rings (SSSR count). The normalized spacial score (nSPS) is 26.9. The van der Waals surface area contributed by atoms with E-state index in [2.05, 4.69) is 48.2 Å². The number of rotatable bonds is 6. The second-order valence-electron chi connectivity index (χ2n) is 5.93. The van der Waals surface area contributed by atoms with Crippen LogP contribution in [-0.2, 0) is 6.54 Å². The largest absolute Gasteiger partial charge is 0.315 e. The molecule has 112 valence electrons. The molecule has 1 aliphatic rings. The van der Waals surface area contributed by atoms with Gasteiger partial charge in [0, 0.05) is 24.8 Å². The number of nitrogens with zero attached hydrogens (tertiary/aromatic N) is 2. The Morgan fingerprint density at radius 3 is 2.75 bits per heavy atom. The van der Waals surface area contributed by atoms with Crippen molar-refractivity contribution in [2.75, 3.05) is 13.6 Å². The molecule has 0 aliphatic heterocycles. The Morgan fingerprint density at radius 2 is 2.15 bits per heavy atom. The molecule has 3 nitrogen and oxygen atoms in total. The lowest BCUT2D eigenvalue weighted by atomic mass is 9.80. The quantitative estimate of drug-likeness (QED) is 0.865. The monoisotopic (exact) mass is 275 g/mol. The minimum absolute atomic E-state index is 0.626. The van der Waals surface area contributed by atoms with Crippen molar-refractivity contribution >= 4 is 0 Å². The number of hydrogen-bond acceptors (Lipinski definition) is 3. The van der Waals surface area contributed by atoms with Crippen LogP contribution in [0.5, 0.6) is 0 Å². The van der Waals surface area contributed by atoms with Gasteiger partial charge in [-0.2, -0.15) is 0 Å². The number of hydrogen-bond donors (Lipinski definition) is 1. The second kappa shape index (κ2) is 7.75. The Kier molecular flexibility index (Phi) is 5.99. The minimum Gasteiger partial charge on any atom is -0.315 e. The third-order valence-electron chi connectivity index (χ3n) is 4.84. The maximum absolute atomic E-state index is 4.49. The first-order valence-electron chi connectivity index (χ1n) is 8.09. The van der Waals surface area contributed by atoms with Crippen LogP contribution >= 0.6 is 0 Å². The van der Waals surface area contributed by atoms with Crippen molar-refractivity contribution in [2.24, 2.45) is 5.92 Å². The standard InChI is InChI=1S/C17H29N3/c1-4-14-9-10-16(18-3)17(12-14)20(5-2)13-15-8-6-7-11-19-15/h6-8,11,14,16-18H,4-5,9-10,12-13H2,1-3H3. The lowest BCUT2D eigenvalue weighted by molar-refractivity contribution is 0.0958. The molecule has 1 aliphatic carbocycles.